The topological polar surface area (TPSA) is 59.1 Å². The third kappa shape index (κ3) is 3.33. The van der Waals surface area contributed by atoms with E-state index in [9.17, 15) is 8.42 Å². The van der Waals surface area contributed by atoms with E-state index < -0.39 is 9.84 Å². The van der Waals surface area contributed by atoms with Gasteiger partial charge in [0.25, 0.3) is 0 Å². The molecule has 0 radical (unpaired) electrons. The molecule has 17 heavy (non-hydrogen) atoms. The van der Waals surface area contributed by atoms with Crippen molar-refractivity contribution in [1.29, 1.82) is 0 Å². The standard InChI is InChI=1S/C11H15ClN2O2S/c1-8-5-10(11(12)13-6-8)14-9-3-2-4-17(15,16)7-9/h5-6,9,14H,2-4,7H2,1H3. The van der Waals surface area contributed by atoms with Crippen LogP contribution in [0.25, 0.3) is 0 Å². The third-order valence-corrected chi connectivity index (χ3v) is 4.92. The second-order valence-electron chi connectivity index (χ2n) is 4.45. The summed E-state index contributed by atoms with van der Waals surface area (Å²) in [6.45, 7) is 1.92. The summed E-state index contributed by atoms with van der Waals surface area (Å²) in [5.41, 5.74) is 1.71. The summed E-state index contributed by atoms with van der Waals surface area (Å²) >= 11 is 5.96. The Morgan fingerprint density at radius 1 is 1.53 bits per heavy atom. The number of aromatic nitrogens is 1. The molecule has 1 saturated heterocycles. The van der Waals surface area contributed by atoms with Gasteiger partial charge >= 0.3 is 0 Å². The van der Waals surface area contributed by atoms with Gasteiger partial charge in [0.15, 0.2) is 15.0 Å². The summed E-state index contributed by atoms with van der Waals surface area (Å²) in [4.78, 5) is 4.03. The van der Waals surface area contributed by atoms with Crippen LogP contribution < -0.4 is 5.32 Å². The number of hydrogen-bond donors (Lipinski definition) is 1. The molecule has 0 saturated carbocycles. The molecular formula is C11H15ClN2O2S. The van der Waals surface area contributed by atoms with Gasteiger partial charge in [-0.05, 0) is 31.4 Å². The zero-order valence-corrected chi connectivity index (χ0v) is 11.2. The highest BCUT2D eigenvalue weighted by Gasteiger charge is 2.25. The Hall–Kier alpha value is -0.810. The predicted molar refractivity (Wildman–Crippen MR) is 69.3 cm³/mol. The quantitative estimate of drug-likeness (QED) is 0.839. The molecule has 4 nitrogen and oxygen atoms in total. The predicted octanol–water partition coefficient (Wildman–Crippen LogP) is 2.03. The van der Waals surface area contributed by atoms with Crippen LogP contribution in [0.1, 0.15) is 18.4 Å². The van der Waals surface area contributed by atoms with Gasteiger partial charge in [-0.1, -0.05) is 11.6 Å². The van der Waals surface area contributed by atoms with Crippen molar-refractivity contribution in [2.45, 2.75) is 25.8 Å². The van der Waals surface area contributed by atoms with Gasteiger partial charge in [0.1, 0.15) is 0 Å². The van der Waals surface area contributed by atoms with Crippen LogP contribution in [0.3, 0.4) is 0 Å². The Kier molecular flexibility index (Phi) is 3.58. The molecule has 1 aromatic heterocycles. The molecule has 0 amide bonds. The number of aryl methyl sites for hydroxylation is 1. The summed E-state index contributed by atoms with van der Waals surface area (Å²) in [5, 5.41) is 3.56. The fourth-order valence-corrected chi connectivity index (χ4v) is 3.80. The number of anilines is 1. The van der Waals surface area contributed by atoms with Gasteiger partial charge in [0, 0.05) is 12.2 Å². The number of nitrogens with zero attached hydrogens (tertiary/aromatic N) is 1. The van der Waals surface area contributed by atoms with Crippen molar-refractivity contribution in [3.8, 4) is 0 Å². The van der Waals surface area contributed by atoms with Crippen molar-refractivity contribution in [2.75, 3.05) is 16.8 Å². The highest BCUT2D eigenvalue weighted by Crippen LogP contribution is 2.23. The van der Waals surface area contributed by atoms with Crippen molar-refractivity contribution in [3.63, 3.8) is 0 Å². The number of hydrogen-bond acceptors (Lipinski definition) is 4. The number of sulfone groups is 1. The Morgan fingerprint density at radius 2 is 2.29 bits per heavy atom. The molecular weight excluding hydrogens is 260 g/mol. The molecule has 0 aromatic carbocycles. The maximum atomic E-state index is 11.5. The van der Waals surface area contributed by atoms with Crippen LogP contribution in [0.2, 0.25) is 5.15 Å². The first-order valence-electron chi connectivity index (χ1n) is 5.55. The Labute approximate surface area is 106 Å². The van der Waals surface area contributed by atoms with Crippen molar-refractivity contribution in [3.05, 3.63) is 23.0 Å². The first-order valence-corrected chi connectivity index (χ1v) is 7.75. The zero-order valence-electron chi connectivity index (χ0n) is 9.61. The van der Waals surface area contributed by atoms with Gasteiger partial charge in [0.05, 0.1) is 17.2 Å². The molecule has 2 heterocycles. The molecule has 1 fully saturated rings. The van der Waals surface area contributed by atoms with Crippen molar-refractivity contribution in [1.82, 2.24) is 4.98 Å². The first kappa shape index (κ1) is 12.6. The fourth-order valence-electron chi connectivity index (χ4n) is 2.01. The molecule has 94 valence electrons. The minimum Gasteiger partial charge on any atom is -0.379 e. The van der Waals surface area contributed by atoms with Crippen LogP contribution in [0.4, 0.5) is 5.69 Å². The minimum absolute atomic E-state index is 0.0603. The van der Waals surface area contributed by atoms with Gasteiger partial charge in [-0.15, -0.1) is 0 Å². The van der Waals surface area contributed by atoms with E-state index in [0.717, 1.165) is 12.0 Å². The van der Waals surface area contributed by atoms with Crippen molar-refractivity contribution >= 4 is 27.1 Å². The van der Waals surface area contributed by atoms with E-state index in [-0.39, 0.29) is 11.8 Å². The molecule has 2 rings (SSSR count). The lowest BCUT2D eigenvalue weighted by atomic mass is 10.2. The summed E-state index contributed by atoms with van der Waals surface area (Å²) in [7, 11) is -2.90. The maximum absolute atomic E-state index is 11.5. The molecule has 0 spiro atoms. The molecule has 1 aromatic rings. The number of pyridine rings is 1. The van der Waals surface area contributed by atoms with Gasteiger partial charge in [-0.25, -0.2) is 13.4 Å². The second-order valence-corrected chi connectivity index (χ2v) is 7.04. The van der Waals surface area contributed by atoms with Gasteiger partial charge < -0.3 is 5.32 Å². The number of halogens is 1. The van der Waals surface area contributed by atoms with Crippen LogP contribution in [0.15, 0.2) is 12.3 Å². The number of nitrogens with one attached hydrogen (secondary N) is 1. The number of rotatable bonds is 2. The van der Waals surface area contributed by atoms with Crippen LogP contribution in [0.5, 0.6) is 0 Å². The van der Waals surface area contributed by atoms with Gasteiger partial charge in [-0.2, -0.15) is 0 Å². The fraction of sp³-hybridized carbons (Fsp3) is 0.545. The first-order chi connectivity index (χ1) is 7.96. The highest BCUT2D eigenvalue weighted by molar-refractivity contribution is 7.91. The third-order valence-electron chi connectivity index (χ3n) is 2.80. The van der Waals surface area contributed by atoms with E-state index >= 15 is 0 Å². The van der Waals surface area contributed by atoms with Crippen LogP contribution >= 0.6 is 11.6 Å². The largest absolute Gasteiger partial charge is 0.379 e. The van der Waals surface area contributed by atoms with E-state index in [1.54, 1.807) is 6.20 Å². The molecule has 1 aliphatic rings. The lowest BCUT2D eigenvalue weighted by Crippen LogP contribution is -2.34. The Balaban J connectivity index is 2.13. The summed E-state index contributed by atoms with van der Waals surface area (Å²) in [5.74, 6) is 0.474. The molecule has 1 N–H and O–H groups in total. The molecule has 1 aliphatic heterocycles. The van der Waals surface area contributed by atoms with Crippen molar-refractivity contribution in [2.24, 2.45) is 0 Å². The smallest absolute Gasteiger partial charge is 0.152 e. The zero-order chi connectivity index (χ0) is 12.5. The summed E-state index contributed by atoms with van der Waals surface area (Å²) < 4.78 is 23.0. The molecule has 0 bridgehead atoms. The lowest BCUT2D eigenvalue weighted by Gasteiger charge is -2.24. The molecule has 0 aliphatic carbocycles. The van der Waals surface area contributed by atoms with E-state index in [0.29, 0.717) is 23.0 Å². The maximum Gasteiger partial charge on any atom is 0.152 e. The Morgan fingerprint density at radius 3 is 3.00 bits per heavy atom. The highest BCUT2D eigenvalue weighted by atomic mass is 35.5. The van der Waals surface area contributed by atoms with Gasteiger partial charge in [0.2, 0.25) is 0 Å². The van der Waals surface area contributed by atoms with Gasteiger partial charge in [-0.3, -0.25) is 0 Å². The molecule has 6 heteroatoms. The van der Waals surface area contributed by atoms with Crippen molar-refractivity contribution < 1.29 is 8.42 Å². The average Bonchev–Trinajstić information content (AvgIpc) is 2.22. The van der Waals surface area contributed by atoms with E-state index in [1.807, 2.05) is 13.0 Å². The van der Waals surface area contributed by atoms with Crippen LogP contribution in [-0.4, -0.2) is 30.9 Å². The molecule has 1 atom stereocenters. The minimum atomic E-state index is -2.90. The second kappa shape index (κ2) is 4.82. The monoisotopic (exact) mass is 274 g/mol. The van der Waals surface area contributed by atoms with E-state index in [1.165, 1.54) is 0 Å². The van der Waals surface area contributed by atoms with Crippen LogP contribution in [-0.2, 0) is 9.84 Å². The van der Waals surface area contributed by atoms with Crippen LogP contribution in [0, 0.1) is 6.92 Å². The average molecular weight is 275 g/mol. The normalized spacial score (nSPS) is 23.3. The lowest BCUT2D eigenvalue weighted by molar-refractivity contribution is 0.562. The summed E-state index contributed by atoms with van der Waals surface area (Å²) in [6, 6.07) is 1.83. The van der Waals surface area contributed by atoms with E-state index in [4.69, 9.17) is 11.6 Å². The molecule has 1 unspecified atom stereocenters. The Bertz CT molecular complexity index is 516. The van der Waals surface area contributed by atoms with E-state index in [2.05, 4.69) is 10.3 Å². The SMILES string of the molecule is Cc1cnc(Cl)c(NC2CCCS(=O)(=O)C2)c1. The summed E-state index contributed by atoms with van der Waals surface area (Å²) in [6.07, 6.45) is 3.24.